The van der Waals surface area contributed by atoms with Crippen LogP contribution in [0.15, 0.2) is 136 Å². The predicted molar refractivity (Wildman–Crippen MR) is 186 cm³/mol. The smallest absolute Gasteiger partial charge is 0.178 e. The molecule has 47 heavy (non-hydrogen) atoms. The Morgan fingerprint density at radius 3 is 1.79 bits per heavy atom. The number of nitrogens with one attached hydrogen (secondary N) is 3. The van der Waals surface area contributed by atoms with Crippen LogP contribution in [0.1, 0.15) is 35.3 Å². The number of benzene rings is 6. The van der Waals surface area contributed by atoms with Gasteiger partial charge in [0.1, 0.15) is 17.5 Å². The molecule has 4 heterocycles. The van der Waals surface area contributed by atoms with Gasteiger partial charge in [-0.3, -0.25) is 16.0 Å². The number of hydrogen-bond acceptors (Lipinski definition) is 6. The standard InChI is InChI=1S/C40H27N5O2/c41-22-23-8-7-9-24(20-23)38-42-39(44-40(43-38)45-32-13-4-1-10-26(32)27-11-2-5-14-33(27)45)25-16-17-29-31-19-18-30-28-12-3-6-15-34(28)46-36(30)37(31)47-35(29)21-25/h1-21,38-40,42-44H. The van der Waals surface area contributed by atoms with Gasteiger partial charge in [0.25, 0.3) is 0 Å². The van der Waals surface area contributed by atoms with E-state index < -0.39 is 0 Å². The Bertz CT molecular complexity index is 2670. The van der Waals surface area contributed by atoms with Gasteiger partial charge in [0.05, 0.1) is 35.0 Å². The fraction of sp³-hybridized carbons (Fsp3) is 0.0750. The largest absolute Gasteiger partial charge is 0.452 e. The van der Waals surface area contributed by atoms with Gasteiger partial charge in [-0.05, 0) is 59.7 Å². The number of rotatable bonds is 3. The molecule has 10 rings (SSSR count). The lowest BCUT2D eigenvalue weighted by Crippen LogP contribution is -2.56. The maximum absolute atomic E-state index is 9.67. The molecular formula is C40H27N5O2. The van der Waals surface area contributed by atoms with Gasteiger partial charge in [-0.2, -0.15) is 5.26 Å². The minimum atomic E-state index is -0.275. The van der Waals surface area contributed by atoms with E-state index in [4.69, 9.17) is 8.83 Å². The second-order valence-electron chi connectivity index (χ2n) is 12.2. The minimum absolute atomic E-state index is 0.249. The molecule has 7 heteroatoms. The van der Waals surface area contributed by atoms with Gasteiger partial charge in [0.2, 0.25) is 0 Å². The summed E-state index contributed by atoms with van der Waals surface area (Å²) in [7, 11) is 0. The summed E-state index contributed by atoms with van der Waals surface area (Å²) in [5, 5.41) is 27.7. The zero-order chi connectivity index (χ0) is 31.1. The zero-order valence-corrected chi connectivity index (χ0v) is 25.1. The molecule has 224 valence electrons. The van der Waals surface area contributed by atoms with Crippen LogP contribution in [0.5, 0.6) is 0 Å². The van der Waals surface area contributed by atoms with Crippen LogP contribution in [0, 0.1) is 11.3 Å². The van der Waals surface area contributed by atoms with Crippen molar-refractivity contribution in [3.63, 3.8) is 0 Å². The van der Waals surface area contributed by atoms with E-state index in [2.05, 4.69) is 118 Å². The van der Waals surface area contributed by atoms with E-state index in [0.717, 1.165) is 66.0 Å². The summed E-state index contributed by atoms with van der Waals surface area (Å²) in [6, 6.07) is 45.8. The van der Waals surface area contributed by atoms with Crippen LogP contribution < -0.4 is 16.0 Å². The van der Waals surface area contributed by atoms with E-state index in [1.54, 1.807) is 0 Å². The summed E-state index contributed by atoms with van der Waals surface area (Å²) >= 11 is 0. The van der Waals surface area contributed by atoms with Crippen LogP contribution in [0.3, 0.4) is 0 Å². The maximum atomic E-state index is 9.67. The molecule has 3 N–H and O–H groups in total. The number of hydrogen-bond donors (Lipinski definition) is 3. The lowest BCUT2D eigenvalue weighted by molar-refractivity contribution is 0.161. The molecule has 0 bridgehead atoms. The van der Waals surface area contributed by atoms with Gasteiger partial charge in [-0.25, -0.2) is 0 Å². The Labute approximate surface area is 268 Å². The quantitative estimate of drug-likeness (QED) is 0.185. The van der Waals surface area contributed by atoms with Crippen LogP contribution in [0.25, 0.3) is 65.7 Å². The summed E-state index contributed by atoms with van der Waals surface area (Å²) in [6.07, 6.45) is -0.773. The first-order chi connectivity index (χ1) is 23.2. The topological polar surface area (TPSA) is 91.1 Å². The molecule has 0 saturated carbocycles. The van der Waals surface area contributed by atoms with Gasteiger partial charge >= 0.3 is 0 Å². The average molecular weight is 610 g/mol. The minimum Gasteiger partial charge on any atom is -0.452 e. The second-order valence-corrected chi connectivity index (χ2v) is 12.2. The number of aromatic nitrogens is 1. The van der Waals surface area contributed by atoms with Crippen molar-refractivity contribution in [3.05, 3.63) is 144 Å². The summed E-state index contributed by atoms with van der Waals surface area (Å²) in [4.78, 5) is 0. The van der Waals surface area contributed by atoms with E-state index >= 15 is 0 Å². The normalized spacial score (nSPS) is 18.6. The summed E-state index contributed by atoms with van der Waals surface area (Å²) in [5.41, 5.74) is 8.07. The molecule has 0 amide bonds. The van der Waals surface area contributed by atoms with Crippen molar-refractivity contribution in [2.45, 2.75) is 18.6 Å². The van der Waals surface area contributed by atoms with Gasteiger partial charge in [-0.15, -0.1) is 0 Å². The van der Waals surface area contributed by atoms with Crippen molar-refractivity contribution < 1.29 is 8.83 Å². The molecular weight excluding hydrogens is 582 g/mol. The number of fused-ring (bicyclic) bond motifs is 10. The number of nitriles is 1. The summed E-state index contributed by atoms with van der Waals surface area (Å²) in [5.74, 6) is 0. The predicted octanol–water partition coefficient (Wildman–Crippen LogP) is 9.10. The van der Waals surface area contributed by atoms with Gasteiger partial charge in [0.15, 0.2) is 11.2 Å². The fourth-order valence-corrected chi connectivity index (χ4v) is 7.39. The molecule has 0 spiro atoms. The number of furan rings is 2. The highest BCUT2D eigenvalue weighted by molar-refractivity contribution is 6.18. The molecule has 1 fully saturated rings. The average Bonchev–Trinajstić information content (AvgIpc) is 3.81. The van der Waals surface area contributed by atoms with Crippen LogP contribution in [-0.4, -0.2) is 4.57 Å². The highest BCUT2D eigenvalue weighted by atomic mass is 16.4. The van der Waals surface area contributed by atoms with Crippen molar-refractivity contribution in [2.24, 2.45) is 0 Å². The van der Waals surface area contributed by atoms with E-state index in [9.17, 15) is 5.26 Å². The van der Waals surface area contributed by atoms with Crippen molar-refractivity contribution in [1.82, 2.24) is 20.5 Å². The summed E-state index contributed by atoms with van der Waals surface area (Å²) < 4.78 is 15.2. The molecule has 0 aliphatic carbocycles. The highest BCUT2D eigenvalue weighted by Crippen LogP contribution is 2.40. The van der Waals surface area contributed by atoms with Crippen LogP contribution >= 0.6 is 0 Å². The lowest BCUT2D eigenvalue weighted by atomic mass is 10.0. The van der Waals surface area contributed by atoms with Crippen LogP contribution in [0.2, 0.25) is 0 Å². The number of nitrogens with zero attached hydrogens (tertiary/aromatic N) is 2. The van der Waals surface area contributed by atoms with Crippen molar-refractivity contribution >= 4 is 65.7 Å². The Balaban J connectivity index is 1.12. The molecule has 1 aliphatic heterocycles. The third-order valence-corrected chi connectivity index (χ3v) is 9.55. The molecule has 7 nitrogen and oxygen atoms in total. The first-order valence-corrected chi connectivity index (χ1v) is 15.8. The first kappa shape index (κ1) is 26.3. The number of para-hydroxylation sites is 3. The monoisotopic (exact) mass is 609 g/mol. The van der Waals surface area contributed by atoms with E-state index in [0.29, 0.717) is 5.56 Å². The highest BCUT2D eigenvalue weighted by Gasteiger charge is 2.32. The van der Waals surface area contributed by atoms with Crippen molar-refractivity contribution in [1.29, 1.82) is 5.26 Å². The van der Waals surface area contributed by atoms with Crippen molar-refractivity contribution in [3.8, 4) is 6.07 Å². The van der Waals surface area contributed by atoms with Gasteiger partial charge < -0.3 is 13.4 Å². The third-order valence-electron chi connectivity index (χ3n) is 9.55. The Morgan fingerprint density at radius 2 is 1.09 bits per heavy atom. The zero-order valence-electron chi connectivity index (χ0n) is 25.1. The summed E-state index contributed by atoms with van der Waals surface area (Å²) in [6.45, 7) is 0. The molecule has 1 aliphatic rings. The SMILES string of the molecule is N#Cc1cccc(C2NC(c3ccc4c(c3)oc3c4ccc4c5ccccc5oc43)NC(n3c4ccccc4c4ccccc43)N2)c1. The molecule has 9 aromatic rings. The van der Waals surface area contributed by atoms with E-state index in [1.807, 2.05) is 36.4 Å². The molecule has 3 aromatic heterocycles. The van der Waals surface area contributed by atoms with Crippen LogP contribution in [0.4, 0.5) is 0 Å². The van der Waals surface area contributed by atoms with Crippen LogP contribution in [-0.2, 0) is 0 Å². The van der Waals surface area contributed by atoms with Gasteiger partial charge in [0, 0.05) is 32.3 Å². The molecule has 1 saturated heterocycles. The Morgan fingerprint density at radius 1 is 0.511 bits per heavy atom. The van der Waals surface area contributed by atoms with E-state index in [-0.39, 0.29) is 18.6 Å². The fourth-order valence-electron chi connectivity index (χ4n) is 7.39. The Kier molecular flexibility index (Phi) is 5.63. The lowest BCUT2D eigenvalue weighted by Gasteiger charge is -2.40. The second kappa shape index (κ2) is 10.0. The molecule has 3 atom stereocenters. The maximum Gasteiger partial charge on any atom is 0.178 e. The first-order valence-electron chi connectivity index (χ1n) is 15.8. The third kappa shape index (κ3) is 3.97. The van der Waals surface area contributed by atoms with E-state index in [1.165, 1.54) is 10.8 Å². The van der Waals surface area contributed by atoms with Crippen molar-refractivity contribution in [2.75, 3.05) is 0 Å². The van der Waals surface area contributed by atoms with Gasteiger partial charge in [-0.1, -0.05) is 78.9 Å². The molecule has 3 unspecified atom stereocenters. The Hall–Kier alpha value is -5.91. The molecule has 6 aromatic carbocycles. The molecule has 0 radical (unpaired) electrons.